The van der Waals surface area contributed by atoms with Gasteiger partial charge < -0.3 is 19.2 Å². The maximum absolute atomic E-state index is 12.1. The van der Waals surface area contributed by atoms with E-state index in [0.717, 1.165) is 42.4 Å². The summed E-state index contributed by atoms with van der Waals surface area (Å²) >= 11 is 0. The number of amides is 1. The fraction of sp³-hybridized carbons (Fsp3) is 0.273. The molecule has 144 valence electrons. The number of fused-ring (bicyclic) bond motifs is 3. The molecule has 0 saturated heterocycles. The maximum atomic E-state index is 12.1. The van der Waals surface area contributed by atoms with Gasteiger partial charge in [0, 0.05) is 36.0 Å². The second-order valence-electron chi connectivity index (χ2n) is 6.84. The van der Waals surface area contributed by atoms with Gasteiger partial charge in [-0.1, -0.05) is 6.07 Å². The van der Waals surface area contributed by atoms with Crippen molar-refractivity contribution in [3.05, 3.63) is 53.8 Å². The predicted molar refractivity (Wildman–Crippen MR) is 105 cm³/mol. The van der Waals surface area contributed by atoms with E-state index in [1.807, 2.05) is 12.1 Å². The first-order valence-corrected chi connectivity index (χ1v) is 9.34. The lowest BCUT2D eigenvalue weighted by atomic mass is 9.96. The quantitative estimate of drug-likeness (QED) is 0.530. The Kier molecular flexibility index (Phi) is 5.02. The lowest BCUT2D eigenvalue weighted by Crippen LogP contribution is -2.17. The summed E-state index contributed by atoms with van der Waals surface area (Å²) in [5.41, 5.74) is 2.68. The zero-order chi connectivity index (χ0) is 19.5. The number of carbonyl (C=O) groups excluding carboxylic acids is 2. The smallest absolute Gasteiger partial charge is 0.349 e. The van der Waals surface area contributed by atoms with Crippen LogP contribution >= 0.6 is 0 Å². The van der Waals surface area contributed by atoms with Gasteiger partial charge in [-0.25, -0.2) is 4.79 Å². The molecule has 3 aromatic rings. The molecule has 1 N–H and O–H groups in total. The molecule has 2 aromatic carbocycles. The summed E-state index contributed by atoms with van der Waals surface area (Å²) in [6, 6.07) is 12.2. The van der Waals surface area contributed by atoms with Gasteiger partial charge in [-0.05, 0) is 49.6 Å². The molecule has 0 spiro atoms. The Morgan fingerprint density at radius 3 is 2.79 bits per heavy atom. The molecule has 1 aliphatic carbocycles. The molecular formula is C22H21NO5. The van der Waals surface area contributed by atoms with E-state index >= 15 is 0 Å². The van der Waals surface area contributed by atoms with Crippen molar-refractivity contribution in [3.63, 3.8) is 0 Å². The Morgan fingerprint density at radius 2 is 1.93 bits per heavy atom. The van der Waals surface area contributed by atoms with E-state index < -0.39 is 5.97 Å². The van der Waals surface area contributed by atoms with Gasteiger partial charge in [-0.2, -0.15) is 0 Å². The average molecular weight is 379 g/mol. The topological polar surface area (TPSA) is 77.8 Å². The van der Waals surface area contributed by atoms with Crippen LogP contribution in [-0.4, -0.2) is 18.5 Å². The molecule has 1 amide bonds. The van der Waals surface area contributed by atoms with Crippen LogP contribution < -0.4 is 14.8 Å². The van der Waals surface area contributed by atoms with Crippen LogP contribution in [0.3, 0.4) is 0 Å². The maximum Gasteiger partial charge on any atom is 0.349 e. The number of carbonyl (C=O) groups is 2. The van der Waals surface area contributed by atoms with Crippen LogP contribution in [0.2, 0.25) is 0 Å². The first-order chi connectivity index (χ1) is 13.6. The zero-order valence-electron chi connectivity index (χ0n) is 15.6. The lowest BCUT2D eigenvalue weighted by Gasteiger charge is -2.09. The molecule has 4 rings (SSSR count). The highest BCUT2D eigenvalue weighted by atomic mass is 16.6. The molecule has 0 unspecified atom stereocenters. The minimum absolute atomic E-state index is 0.191. The molecule has 0 bridgehead atoms. The predicted octanol–water partition coefficient (Wildman–Crippen LogP) is 4.25. The highest BCUT2D eigenvalue weighted by molar-refractivity contribution is 5.89. The van der Waals surface area contributed by atoms with E-state index in [1.54, 1.807) is 30.3 Å². The third-order valence-electron chi connectivity index (χ3n) is 4.67. The van der Waals surface area contributed by atoms with Gasteiger partial charge in [-0.3, -0.25) is 4.79 Å². The highest BCUT2D eigenvalue weighted by Gasteiger charge is 2.18. The minimum Gasteiger partial charge on any atom is -0.482 e. The lowest BCUT2D eigenvalue weighted by molar-refractivity contribution is -0.136. The number of rotatable bonds is 5. The largest absolute Gasteiger partial charge is 0.482 e. The monoisotopic (exact) mass is 379 g/mol. The molecule has 0 saturated carbocycles. The number of aryl methyl sites for hydroxylation is 2. The number of furan rings is 1. The first-order valence-electron chi connectivity index (χ1n) is 9.34. The van der Waals surface area contributed by atoms with E-state index in [0.29, 0.717) is 17.2 Å². The van der Waals surface area contributed by atoms with Crippen LogP contribution in [0.25, 0.3) is 11.0 Å². The van der Waals surface area contributed by atoms with E-state index in [-0.39, 0.29) is 12.5 Å². The van der Waals surface area contributed by atoms with Crippen molar-refractivity contribution in [2.45, 2.75) is 32.6 Å². The molecule has 1 aromatic heterocycles. The van der Waals surface area contributed by atoms with Crippen LogP contribution in [0, 0.1) is 0 Å². The van der Waals surface area contributed by atoms with Crippen molar-refractivity contribution in [1.82, 2.24) is 0 Å². The summed E-state index contributed by atoms with van der Waals surface area (Å²) in [6.45, 7) is 1.20. The third kappa shape index (κ3) is 4.01. The Labute approximate surface area is 162 Å². The standard InChI is InChI=1S/C22H21NO5/c1-14(24)23-15-5-4-6-17(11-15)27-22(25)13-26-16-9-10-21-19(12-16)18-7-2-3-8-20(18)28-21/h4-6,9-12H,2-3,7-8,13H2,1H3,(H,23,24). The van der Waals surface area contributed by atoms with E-state index in [4.69, 9.17) is 13.9 Å². The van der Waals surface area contributed by atoms with Crippen molar-refractivity contribution < 1.29 is 23.5 Å². The molecular weight excluding hydrogens is 358 g/mol. The van der Waals surface area contributed by atoms with Gasteiger partial charge in [0.15, 0.2) is 6.61 Å². The number of hydrogen-bond acceptors (Lipinski definition) is 5. The van der Waals surface area contributed by atoms with Gasteiger partial charge in [-0.15, -0.1) is 0 Å². The normalized spacial score (nSPS) is 13.0. The van der Waals surface area contributed by atoms with Crippen molar-refractivity contribution in [2.24, 2.45) is 0 Å². The van der Waals surface area contributed by atoms with Gasteiger partial charge in [0.05, 0.1) is 0 Å². The summed E-state index contributed by atoms with van der Waals surface area (Å²) in [4.78, 5) is 23.2. The van der Waals surface area contributed by atoms with Crippen LogP contribution in [0.5, 0.6) is 11.5 Å². The molecule has 1 heterocycles. The minimum atomic E-state index is -0.519. The number of nitrogens with one attached hydrogen (secondary N) is 1. The number of anilines is 1. The Balaban J connectivity index is 1.40. The Morgan fingerprint density at radius 1 is 1.07 bits per heavy atom. The van der Waals surface area contributed by atoms with E-state index in [1.165, 1.54) is 12.5 Å². The van der Waals surface area contributed by atoms with Crippen LogP contribution in [-0.2, 0) is 22.4 Å². The van der Waals surface area contributed by atoms with Crippen LogP contribution in [0.1, 0.15) is 31.1 Å². The van der Waals surface area contributed by atoms with Crippen molar-refractivity contribution in [1.29, 1.82) is 0 Å². The van der Waals surface area contributed by atoms with Crippen LogP contribution in [0.4, 0.5) is 5.69 Å². The van der Waals surface area contributed by atoms with Gasteiger partial charge in [0.25, 0.3) is 0 Å². The van der Waals surface area contributed by atoms with E-state index in [9.17, 15) is 9.59 Å². The molecule has 0 aliphatic heterocycles. The Bertz CT molecular complexity index is 1040. The summed E-state index contributed by atoms with van der Waals surface area (Å²) in [6.07, 6.45) is 4.31. The number of esters is 1. The molecule has 28 heavy (non-hydrogen) atoms. The molecule has 6 heteroatoms. The third-order valence-corrected chi connectivity index (χ3v) is 4.67. The SMILES string of the molecule is CC(=O)Nc1cccc(OC(=O)COc2ccc3oc4c(c3c2)CCCC4)c1. The van der Waals surface area contributed by atoms with Crippen LogP contribution in [0.15, 0.2) is 46.9 Å². The molecule has 1 aliphatic rings. The van der Waals surface area contributed by atoms with Gasteiger partial charge in [0.2, 0.25) is 5.91 Å². The summed E-state index contributed by atoms with van der Waals surface area (Å²) in [7, 11) is 0. The zero-order valence-corrected chi connectivity index (χ0v) is 15.6. The molecule has 6 nitrogen and oxygen atoms in total. The summed E-state index contributed by atoms with van der Waals surface area (Å²) < 4.78 is 16.8. The van der Waals surface area contributed by atoms with E-state index in [2.05, 4.69) is 5.32 Å². The fourth-order valence-corrected chi connectivity index (χ4v) is 3.48. The number of hydrogen-bond donors (Lipinski definition) is 1. The molecule has 0 fully saturated rings. The second-order valence-corrected chi connectivity index (χ2v) is 6.84. The number of ether oxygens (including phenoxy) is 2. The average Bonchev–Trinajstić information content (AvgIpc) is 3.04. The summed E-state index contributed by atoms with van der Waals surface area (Å²) in [5.74, 6) is 1.31. The van der Waals surface area contributed by atoms with Crippen molar-refractivity contribution in [2.75, 3.05) is 11.9 Å². The van der Waals surface area contributed by atoms with Gasteiger partial charge >= 0.3 is 5.97 Å². The molecule has 0 radical (unpaired) electrons. The number of benzene rings is 2. The highest BCUT2D eigenvalue weighted by Crippen LogP contribution is 2.33. The second kappa shape index (κ2) is 7.76. The Hall–Kier alpha value is -3.28. The first kappa shape index (κ1) is 18.1. The van der Waals surface area contributed by atoms with Crippen molar-refractivity contribution in [3.8, 4) is 11.5 Å². The van der Waals surface area contributed by atoms with Gasteiger partial charge in [0.1, 0.15) is 22.8 Å². The summed E-state index contributed by atoms with van der Waals surface area (Å²) in [5, 5.41) is 3.70. The fourth-order valence-electron chi connectivity index (χ4n) is 3.48. The van der Waals surface area contributed by atoms with Crippen molar-refractivity contribution >= 4 is 28.5 Å². The molecule has 0 atom stereocenters.